The third-order valence-corrected chi connectivity index (χ3v) is 5.53. The van der Waals surface area contributed by atoms with Crippen LogP contribution >= 0.6 is 11.6 Å². The fourth-order valence-corrected chi connectivity index (χ4v) is 3.18. The minimum atomic E-state index is -1.70. The first-order chi connectivity index (χ1) is 10.7. The molecule has 2 N–H and O–H groups in total. The summed E-state index contributed by atoms with van der Waals surface area (Å²) < 4.78 is 11.0. The van der Waals surface area contributed by atoms with E-state index in [0.717, 1.165) is 6.04 Å². The van der Waals surface area contributed by atoms with Gasteiger partial charge in [-0.05, 0) is 12.1 Å². The Morgan fingerprint density at radius 1 is 1.39 bits per heavy atom. The number of ether oxygens (including phenoxy) is 2. The lowest BCUT2D eigenvalue weighted by atomic mass is 9.79. The molecule has 0 saturated heterocycles. The van der Waals surface area contributed by atoms with Crippen LogP contribution in [-0.2, 0) is 9.53 Å². The molecule has 0 radical (unpaired) electrons. The van der Waals surface area contributed by atoms with Crippen LogP contribution < -0.4 is 15.1 Å². The minimum Gasteiger partial charge on any atom is -0.482 e. The van der Waals surface area contributed by atoms with Gasteiger partial charge in [0.15, 0.2) is 6.61 Å². The zero-order valence-corrected chi connectivity index (χ0v) is 15.3. The third kappa shape index (κ3) is 4.48. The molecule has 1 aromatic rings. The normalized spacial score (nSPS) is 14.5. The van der Waals surface area contributed by atoms with E-state index in [0.29, 0.717) is 17.3 Å². The molecular formula is C14H21BClNO5Si. The first-order valence-electron chi connectivity index (χ1n) is 7.40. The number of halogens is 1. The van der Waals surface area contributed by atoms with Gasteiger partial charge in [0.05, 0.1) is 5.02 Å². The van der Waals surface area contributed by atoms with Crippen LogP contribution in [0, 0.1) is 0 Å². The van der Waals surface area contributed by atoms with Gasteiger partial charge in [-0.15, -0.1) is 0 Å². The van der Waals surface area contributed by atoms with E-state index >= 15 is 0 Å². The number of carbonyl (C=O) groups excluding carboxylic acids is 1. The van der Waals surface area contributed by atoms with Crippen LogP contribution in [0.5, 0.6) is 5.75 Å². The molecule has 126 valence electrons. The van der Waals surface area contributed by atoms with Crippen LogP contribution in [0.25, 0.3) is 0 Å². The molecule has 0 bridgehead atoms. The van der Waals surface area contributed by atoms with Crippen molar-refractivity contribution in [2.75, 3.05) is 24.8 Å². The summed E-state index contributed by atoms with van der Waals surface area (Å²) in [5.74, 6) is -0.0714. The number of carbonyl (C=O) groups is 1. The Morgan fingerprint density at radius 2 is 2.09 bits per heavy atom. The molecule has 1 aliphatic heterocycles. The largest absolute Gasteiger partial charge is 0.492 e. The zero-order chi connectivity index (χ0) is 17.2. The molecule has 0 aromatic heterocycles. The maximum atomic E-state index is 12.1. The summed E-state index contributed by atoms with van der Waals surface area (Å²) in [4.78, 5) is 13.5. The van der Waals surface area contributed by atoms with Crippen LogP contribution in [0.1, 0.15) is 0 Å². The van der Waals surface area contributed by atoms with Gasteiger partial charge < -0.3 is 19.5 Å². The summed E-state index contributed by atoms with van der Waals surface area (Å²) in [6.07, 6.45) is 0. The molecule has 1 aliphatic rings. The molecular weight excluding hydrogens is 337 g/mol. The van der Waals surface area contributed by atoms with E-state index in [-0.39, 0.29) is 30.5 Å². The Bertz CT molecular complexity index is 593. The average molecular weight is 358 g/mol. The highest BCUT2D eigenvalue weighted by Gasteiger charge is 2.32. The van der Waals surface area contributed by atoms with E-state index in [4.69, 9.17) is 21.1 Å². The van der Waals surface area contributed by atoms with Gasteiger partial charge in [0.2, 0.25) is 0 Å². The fraction of sp³-hybridized carbons (Fsp3) is 0.500. The Morgan fingerprint density at radius 3 is 2.70 bits per heavy atom. The smallest absolute Gasteiger partial charge is 0.482 e. The van der Waals surface area contributed by atoms with E-state index in [1.165, 1.54) is 17.0 Å². The summed E-state index contributed by atoms with van der Waals surface area (Å²) in [7, 11) is -2.92. The second-order valence-electron chi connectivity index (χ2n) is 6.65. The quantitative estimate of drug-likeness (QED) is 0.588. The van der Waals surface area contributed by atoms with Crippen LogP contribution in [0.3, 0.4) is 0 Å². The predicted octanol–water partition coefficient (Wildman–Crippen LogP) is 1.06. The van der Waals surface area contributed by atoms with Crippen molar-refractivity contribution in [1.82, 2.24) is 0 Å². The molecule has 1 heterocycles. The van der Waals surface area contributed by atoms with Gasteiger partial charge in [-0.1, -0.05) is 37.3 Å². The van der Waals surface area contributed by atoms with Gasteiger partial charge >= 0.3 is 7.12 Å². The molecule has 2 rings (SSSR count). The first-order valence-corrected chi connectivity index (χ1v) is 11.5. The zero-order valence-electron chi connectivity index (χ0n) is 13.5. The summed E-state index contributed by atoms with van der Waals surface area (Å²) in [5.41, 5.74) is 0.491. The highest BCUT2D eigenvalue weighted by atomic mass is 35.5. The monoisotopic (exact) mass is 357 g/mol. The lowest BCUT2D eigenvalue weighted by molar-refractivity contribution is -0.122. The molecule has 6 nitrogen and oxygen atoms in total. The van der Waals surface area contributed by atoms with Crippen molar-refractivity contribution in [1.29, 1.82) is 0 Å². The Labute approximate surface area is 142 Å². The number of hydrogen-bond donors (Lipinski definition) is 2. The number of nitrogens with zero attached hydrogens (tertiary/aromatic N) is 1. The van der Waals surface area contributed by atoms with E-state index in [9.17, 15) is 14.8 Å². The maximum absolute atomic E-state index is 12.1. The van der Waals surface area contributed by atoms with Crippen molar-refractivity contribution in [3.8, 4) is 5.75 Å². The minimum absolute atomic E-state index is 0.0599. The van der Waals surface area contributed by atoms with Crippen LogP contribution in [-0.4, -0.2) is 51.1 Å². The molecule has 0 fully saturated rings. The van der Waals surface area contributed by atoms with E-state index in [1.807, 2.05) is 0 Å². The van der Waals surface area contributed by atoms with Crippen molar-refractivity contribution >= 4 is 43.9 Å². The highest BCUT2D eigenvalue weighted by Crippen LogP contribution is 2.37. The molecule has 0 unspecified atom stereocenters. The standard InChI is InChI=1S/C14H21BClNO5Si/c1-23(2,3)7-6-21-9-17-12(18)8-22-14-10(15(19)20)4-5-11(16)13(14)17/h4-5,19-20H,6-9H2,1-3H3. The van der Waals surface area contributed by atoms with E-state index < -0.39 is 15.2 Å². The number of rotatable bonds is 6. The predicted molar refractivity (Wildman–Crippen MR) is 93.2 cm³/mol. The highest BCUT2D eigenvalue weighted by molar-refractivity contribution is 6.76. The van der Waals surface area contributed by atoms with Gasteiger partial charge in [0.1, 0.15) is 18.2 Å². The number of fused-ring (bicyclic) bond motifs is 1. The van der Waals surface area contributed by atoms with Crippen LogP contribution in [0.4, 0.5) is 5.69 Å². The van der Waals surface area contributed by atoms with Crippen LogP contribution in [0.2, 0.25) is 30.7 Å². The third-order valence-electron chi connectivity index (χ3n) is 3.52. The molecule has 0 atom stereocenters. The number of anilines is 1. The van der Waals surface area contributed by atoms with Crippen molar-refractivity contribution in [2.24, 2.45) is 0 Å². The van der Waals surface area contributed by atoms with Gasteiger partial charge in [0.25, 0.3) is 5.91 Å². The summed E-state index contributed by atoms with van der Waals surface area (Å²) >= 11 is 6.18. The Kier molecular flexibility index (Phi) is 5.75. The van der Waals surface area contributed by atoms with E-state index in [2.05, 4.69) is 19.6 Å². The van der Waals surface area contributed by atoms with Crippen molar-refractivity contribution in [3.63, 3.8) is 0 Å². The number of amides is 1. The van der Waals surface area contributed by atoms with Crippen molar-refractivity contribution in [2.45, 2.75) is 25.7 Å². The number of benzene rings is 1. The van der Waals surface area contributed by atoms with Gasteiger partial charge in [-0.2, -0.15) is 0 Å². The Balaban J connectivity index is 2.19. The second kappa shape index (κ2) is 7.23. The van der Waals surface area contributed by atoms with Crippen molar-refractivity contribution < 1.29 is 24.3 Å². The van der Waals surface area contributed by atoms with Gasteiger partial charge in [-0.25, -0.2) is 0 Å². The van der Waals surface area contributed by atoms with Crippen LogP contribution in [0.15, 0.2) is 12.1 Å². The first kappa shape index (κ1) is 18.3. The number of hydrogen-bond acceptors (Lipinski definition) is 5. The topological polar surface area (TPSA) is 79.2 Å². The molecule has 0 saturated carbocycles. The Hall–Kier alpha value is -1.06. The fourth-order valence-electron chi connectivity index (χ4n) is 2.18. The molecule has 1 aromatic carbocycles. The molecule has 0 spiro atoms. The molecule has 0 aliphatic carbocycles. The van der Waals surface area contributed by atoms with Gasteiger partial charge in [-0.3, -0.25) is 9.69 Å². The SMILES string of the molecule is C[Si](C)(C)CCOCN1C(=O)COc2c(B(O)O)ccc(Cl)c21. The lowest BCUT2D eigenvalue weighted by Crippen LogP contribution is -2.44. The lowest BCUT2D eigenvalue weighted by Gasteiger charge is -2.31. The van der Waals surface area contributed by atoms with Gasteiger partial charge in [0, 0.05) is 20.1 Å². The molecule has 1 amide bonds. The molecule has 23 heavy (non-hydrogen) atoms. The van der Waals surface area contributed by atoms with Crippen molar-refractivity contribution in [3.05, 3.63) is 17.2 Å². The van der Waals surface area contributed by atoms with E-state index in [1.54, 1.807) is 0 Å². The summed E-state index contributed by atoms with van der Waals surface area (Å²) in [6.45, 7) is 7.18. The summed E-state index contributed by atoms with van der Waals surface area (Å²) in [6, 6.07) is 3.96. The molecule has 9 heteroatoms. The summed E-state index contributed by atoms with van der Waals surface area (Å²) in [5, 5.41) is 19.2. The maximum Gasteiger partial charge on any atom is 0.492 e. The second-order valence-corrected chi connectivity index (χ2v) is 12.7. The average Bonchev–Trinajstić information content (AvgIpc) is 2.44.